The highest BCUT2D eigenvalue weighted by atomic mass is 79.9. The van der Waals surface area contributed by atoms with Gasteiger partial charge in [0, 0.05) is 19.8 Å². The topological polar surface area (TPSA) is 52.6 Å². The van der Waals surface area contributed by atoms with E-state index in [0.29, 0.717) is 30.6 Å². The van der Waals surface area contributed by atoms with Crippen LogP contribution in [0.15, 0.2) is 40.6 Å². The molecule has 5 heteroatoms. The van der Waals surface area contributed by atoms with Gasteiger partial charge in [0.1, 0.15) is 11.5 Å². The van der Waals surface area contributed by atoms with Crippen LogP contribution in [0.5, 0.6) is 5.75 Å². The Balaban J connectivity index is 2.15. The molecule has 1 aliphatic carbocycles. The van der Waals surface area contributed by atoms with E-state index in [-0.39, 0.29) is 5.78 Å². The summed E-state index contributed by atoms with van der Waals surface area (Å²) in [6.07, 6.45) is 1.79. The second-order valence-electron chi connectivity index (χ2n) is 5.69. The number of carbonyl (C=O) groups excluding carboxylic acids is 2. The molecule has 0 heterocycles. The molecule has 1 aliphatic rings. The maximum atomic E-state index is 12.4. The Morgan fingerprint density at radius 3 is 2.67 bits per heavy atom. The first-order valence-corrected chi connectivity index (χ1v) is 8.52. The molecule has 2 aromatic carbocycles. The molecule has 0 amide bonds. The lowest BCUT2D eigenvalue weighted by Gasteiger charge is -2.19. The van der Waals surface area contributed by atoms with Crippen LogP contribution in [0.2, 0.25) is 0 Å². The Bertz CT molecular complexity index is 867. The van der Waals surface area contributed by atoms with Crippen LogP contribution in [-0.2, 0) is 14.3 Å². The van der Waals surface area contributed by atoms with Gasteiger partial charge in [-0.15, -0.1) is 0 Å². The molecule has 0 unspecified atom stereocenters. The number of carbonyl (C=O) groups is 2. The van der Waals surface area contributed by atoms with Crippen LogP contribution in [0, 0.1) is 0 Å². The molecule has 0 N–H and O–H groups in total. The molecule has 2 aromatic rings. The van der Waals surface area contributed by atoms with Crippen LogP contribution in [0.1, 0.15) is 31.7 Å². The van der Waals surface area contributed by atoms with E-state index < -0.39 is 5.97 Å². The molecule has 0 radical (unpaired) electrons. The molecule has 0 aromatic heterocycles. The molecule has 124 valence electrons. The number of benzene rings is 2. The fourth-order valence-corrected chi connectivity index (χ4v) is 3.65. The number of esters is 1. The Morgan fingerprint density at radius 2 is 1.96 bits per heavy atom. The van der Waals surface area contributed by atoms with Gasteiger partial charge in [-0.1, -0.05) is 18.2 Å². The Labute approximate surface area is 148 Å². The van der Waals surface area contributed by atoms with Crippen LogP contribution >= 0.6 is 15.9 Å². The van der Waals surface area contributed by atoms with Crippen molar-refractivity contribution < 1.29 is 19.1 Å². The van der Waals surface area contributed by atoms with Crippen LogP contribution in [0.4, 0.5) is 0 Å². The Hall–Kier alpha value is -2.14. The third-order valence-corrected chi connectivity index (χ3v) is 4.88. The van der Waals surface area contributed by atoms with Gasteiger partial charge in [0.25, 0.3) is 0 Å². The fourth-order valence-electron chi connectivity index (χ4n) is 3.00. The molecular formula is C19H17BrO4. The van der Waals surface area contributed by atoms with Crippen LogP contribution in [0.3, 0.4) is 0 Å². The summed E-state index contributed by atoms with van der Waals surface area (Å²) < 4.78 is 11.5. The van der Waals surface area contributed by atoms with Crippen LogP contribution in [-0.4, -0.2) is 18.9 Å². The largest absolute Gasteiger partial charge is 0.496 e. The molecule has 0 saturated heterocycles. The standard InChI is InChI=1S/C19H17BrO4/c1-11(21)24-16-5-3-4-15(22)18(16)13-6-8-14-12(10-13)7-9-17(23-2)19(14)20/h6-10H,3-5H2,1-2H3. The van der Waals surface area contributed by atoms with Gasteiger partial charge in [-0.25, -0.2) is 0 Å². The maximum Gasteiger partial charge on any atom is 0.307 e. The van der Waals surface area contributed by atoms with Crippen LogP contribution < -0.4 is 4.74 Å². The lowest BCUT2D eigenvalue weighted by Crippen LogP contribution is -2.14. The molecule has 0 aliphatic heterocycles. The van der Waals surface area contributed by atoms with Crippen molar-refractivity contribution in [1.82, 2.24) is 0 Å². The molecule has 0 saturated carbocycles. The fraction of sp³-hybridized carbons (Fsp3) is 0.263. The number of allylic oxidation sites excluding steroid dienone is 2. The molecule has 0 spiro atoms. The van der Waals surface area contributed by atoms with Crippen molar-refractivity contribution in [2.24, 2.45) is 0 Å². The lowest BCUT2D eigenvalue weighted by atomic mass is 9.90. The highest BCUT2D eigenvalue weighted by Gasteiger charge is 2.24. The van der Waals surface area contributed by atoms with Gasteiger partial charge in [-0.05, 0) is 50.8 Å². The van der Waals surface area contributed by atoms with E-state index in [4.69, 9.17) is 9.47 Å². The summed E-state index contributed by atoms with van der Waals surface area (Å²) in [5.74, 6) is 0.851. The van der Waals surface area contributed by atoms with E-state index in [9.17, 15) is 9.59 Å². The van der Waals surface area contributed by atoms with Gasteiger partial charge in [0.15, 0.2) is 5.78 Å². The minimum Gasteiger partial charge on any atom is -0.496 e. The van der Waals surface area contributed by atoms with Crippen molar-refractivity contribution in [2.45, 2.75) is 26.2 Å². The molecule has 0 bridgehead atoms. The number of hydrogen-bond acceptors (Lipinski definition) is 4. The van der Waals surface area contributed by atoms with Crippen molar-refractivity contribution in [2.75, 3.05) is 7.11 Å². The zero-order valence-corrected chi connectivity index (χ0v) is 15.1. The third-order valence-electron chi connectivity index (χ3n) is 4.06. The van der Waals surface area contributed by atoms with Crippen molar-refractivity contribution >= 4 is 44.0 Å². The minimum atomic E-state index is -0.398. The summed E-state index contributed by atoms with van der Waals surface area (Å²) in [5, 5.41) is 1.98. The summed E-state index contributed by atoms with van der Waals surface area (Å²) >= 11 is 3.55. The quantitative estimate of drug-likeness (QED) is 0.718. The van der Waals surface area contributed by atoms with Gasteiger partial charge in [0.2, 0.25) is 0 Å². The summed E-state index contributed by atoms with van der Waals surface area (Å²) in [7, 11) is 1.62. The third kappa shape index (κ3) is 3.08. The first kappa shape index (κ1) is 16.7. The maximum absolute atomic E-state index is 12.4. The summed E-state index contributed by atoms with van der Waals surface area (Å²) in [5.41, 5.74) is 1.30. The number of fused-ring (bicyclic) bond motifs is 1. The van der Waals surface area contributed by atoms with Gasteiger partial charge in [-0.2, -0.15) is 0 Å². The first-order valence-electron chi connectivity index (χ1n) is 7.72. The van der Waals surface area contributed by atoms with E-state index in [1.807, 2.05) is 30.3 Å². The molecule has 0 atom stereocenters. The number of Topliss-reactive ketones (excluding diaryl/α,β-unsaturated/α-hetero) is 1. The van der Waals surface area contributed by atoms with Crippen molar-refractivity contribution in [3.63, 3.8) is 0 Å². The predicted octanol–water partition coefficient (Wildman–Crippen LogP) is 4.64. The van der Waals surface area contributed by atoms with E-state index in [1.165, 1.54) is 6.92 Å². The molecule has 4 nitrogen and oxygen atoms in total. The average Bonchev–Trinajstić information content (AvgIpc) is 2.54. The number of rotatable bonds is 3. The number of hydrogen-bond donors (Lipinski definition) is 0. The van der Waals surface area contributed by atoms with E-state index in [0.717, 1.165) is 26.6 Å². The second-order valence-corrected chi connectivity index (χ2v) is 6.48. The van der Waals surface area contributed by atoms with Crippen LogP contribution in [0.25, 0.3) is 16.3 Å². The molecule has 3 rings (SSSR count). The molecule has 0 fully saturated rings. The molecular weight excluding hydrogens is 372 g/mol. The summed E-state index contributed by atoms with van der Waals surface area (Å²) in [4.78, 5) is 23.7. The number of ether oxygens (including phenoxy) is 2. The number of halogens is 1. The van der Waals surface area contributed by atoms with Crippen molar-refractivity contribution in [3.8, 4) is 5.75 Å². The average molecular weight is 389 g/mol. The van der Waals surface area contributed by atoms with Gasteiger partial charge in [-0.3, -0.25) is 9.59 Å². The second kappa shape index (κ2) is 6.77. The predicted molar refractivity (Wildman–Crippen MR) is 95.7 cm³/mol. The SMILES string of the molecule is COc1ccc2cc(C3=C(OC(C)=O)CCCC3=O)ccc2c1Br. The van der Waals surface area contributed by atoms with Crippen molar-refractivity contribution in [3.05, 3.63) is 46.1 Å². The zero-order valence-electron chi connectivity index (χ0n) is 13.5. The highest BCUT2D eigenvalue weighted by Crippen LogP contribution is 2.36. The summed E-state index contributed by atoms with van der Waals surface area (Å²) in [6, 6.07) is 9.59. The van der Waals surface area contributed by atoms with Crippen molar-refractivity contribution in [1.29, 1.82) is 0 Å². The zero-order chi connectivity index (χ0) is 17.3. The van der Waals surface area contributed by atoms with E-state index in [2.05, 4.69) is 15.9 Å². The Morgan fingerprint density at radius 1 is 1.17 bits per heavy atom. The number of methoxy groups -OCH3 is 1. The summed E-state index contributed by atoms with van der Waals surface area (Å²) in [6.45, 7) is 1.35. The smallest absolute Gasteiger partial charge is 0.307 e. The van der Waals surface area contributed by atoms with Gasteiger partial charge < -0.3 is 9.47 Å². The highest BCUT2D eigenvalue weighted by molar-refractivity contribution is 9.10. The normalized spacial score (nSPS) is 14.9. The van der Waals surface area contributed by atoms with E-state index >= 15 is 0 Å². The first-order chi connectivity index (χ1) is 11.5. The monoisotopic (exact) mass is 388 g/mol. The minimum absolute atomic E-state index is 0.0180. The van der Waals surface area contributed by atoms with Gasteiger partial charge >= 0.3 is 5.97 Å². The lowest BCUT2D eigenvalue weighted by molar-refractivity contribution is -0.137. The molecule has 24 heavy (non-hydrogen) atoms. The van der Waals surface area contributed by atoms with E-state index in [1.54, 1.807) is 7.11 Å². The number of ketones is 1. The van der Waals surface area contributed by atoms with Gasteiger partial charge in [0.05, 0.1) is 17.2 Å². The Kier molecular flexibility index (Phi) is 4.71.